The molecule has 0 spiro atoms. The van der Waals surface area contributed by atoms with E-state index in [1.165, 1.54) is 45.9 Å². The first-order chi connectivity index (χ1) is 23.2. The molecule has 1 atom stereocenters. The van der Waals surface area contributed by atoms with Crippen LogP contribution in [0.2, 0.25) is 0 Å². The van der Waals surface area contributed by atoms with Gasteiger partial charge in [-0.15, -0.1) is 0 Å². The molecule has 5 heteroatoms. The van der Waals surface area contributed by atoms with Gasteiger partial charge in [0.1, 0.15) is 0 Å². The molecule has 0 saturated carbocycles. The van der Waals surface area contributed by atoms with E-state index in [2.05, 4.69) is 115 Å². The maximum absolute atomic E-state index is 15.1. The summed E-state index contributed by atoms with van der Waals surface area (Å²) in [6.07, 6.45) is 0. The summed E-state index contributed by atoms with van der Waals surface area (Å²) in [5.41, 5.74) is 2.38. The predicted molar refractivity (Wildman–Crippen MR) is 203 cm³/mol. The summed E-state index contributed by atoms with van der Waals surface area (Å²) in [4.78, 5) is 5.40. The van der Waals surface area contributed by atoms with Crippen molar-refractivity contribution in [1.82, 2.24) is 0 Å². The first kappa shape index (κ1) is 28.9. The Morgan fingerprint density at radius 3 is 1.51 bits per heavy atom. The molecule has 0 amide bonds. The van der Waals surface area contributed by atoms with Crippen molar-refractivity contribution in [2.45, 2.75) is 19.6 Å². The minimum absolute atomic E-state index is 0.848. The van der Waals surface area contributed by atoms with E-state index in [1.807, 2.05) is 84.2 Å². The Morgan fingerprint density at radius 2 is 0.915 bits per heavy atom. The van der Waals surface area contributed by atoms with E-state index in [-0.39, 0.29) is 0 Å². The molecule has 0 aromatic heterocycles. The van der Waals surface area contributed by atoms with E-state index in [4.69, 9.17) is 0 Å². The molecule has 0 aliphatic carbocycles. The normalized spacial score (nSPS) is 16.1. The van der Waals surface area contributed by atoms with E-state index in [9.17, 15) is 0 Å². The predicted octanol–water partition coefficient (Wildman–Crippen LogP) is 7.30. The van der Waals surface area contributed by atoms with Gasteiger partial charge in [0.05, 0.1) is 0 Å². The Labute approximate surface area is 285 Å². The molecule has 7 aromatic carbocycles. The van der Waals surface area contributed by atoms with Gasteiger partial charge in [0.25, 0.3) is 0 Å². The third-order valence-electron chi connectivity index (χ3n) is 9.50. The highest BCUT2D eigenvalue weighted by Crippen LogP contribution is 2.46. The Balaban J connectivity index is 1.27. The second kappa shape index (κ2) is 11.4. The molecule has 0 fully saturated rings. The van der Waals surface area contributed by atoms with Crippen LogP contribution < -0.4 is 36.7 Å². The monoisotopic (exact) mass is 672 g/mol. The van der Waals surface area contributed by atoms with Gasteiger partial charge in [0.2, 0.25) is 0 Å². The average molecular weight is 673 g/mol. The van der Waals surface area contributed by atoms with Crippen LogP contribution in [0.3, 0.4) is 0 Å². The van der Waals surface area contributed by atoms with Gasteiger partial charge in [-0.3, -0.25) is 0 Å². The fourth-order valence-corrected chi connectivity index (χ4v) is 19.5. The van der Waals surface area contributed by atoms with Gasteiger partial charge in [-0.05, 0) is 50.1 Å². The number of rotatable bonds is 5. The van der Waals surface area contributed by atoms with E-state index in [0.29, 0.717) is 0 Å². The fraction of sp³-hybridized carbons (Fsp3) is 0. The Hall–Kier alpha value is -4.31. The zero-order chi connectivity index (χ0) is 31.4. The molecule has 1 unspecified atom stereocenters. The second-order valence-electron chi connectivity index (χ2n) is 12.0. The molecule has 47 heavy (non-hydrogen) atoms. The van der Waals surface area contributed by atoms with Crippen LogP contribution in [-0.4, -0.2) is 8.07 Å². The van der Waals surface area contributed by atoms with Crippen LogP contribution in [-0.2, 0) is 4.57 Å². The molecule has 2 aliphatic rings. The van der Waals surface area contributed by atoms with Crippen LogP contribution in [0.4, 0.5) is 0 Å². The van der Waals surface area contributed by atoms with Crippen molar-refractivity contribution in [3.05, 3.63) is 176 Å². The second-order valence-corrected chi connectivity index (χ2v) is 20.5. The summed E-state index contributed by atoms with van der Waals surface area (Å²) in [5, 5.41) is 8.40. The lowest BCUT2D eigenvalue weighted by molar-refractivity contribution is 0.592. The molecule has 0 N–H and O–H groups in total. The molecule has 0 bridgehead atoms. The largest absolute Gasteiger partial charge is 0.309 e. The van der Waals surface area contributed by atoms with Crippen molar-refractivity contribution in [2.24, 2.45) is 0 Å². The average Bonchev–Trinajstić information content (AvgIpc) is 3.15. The molecule has 7 aromatic rings. The first-order valence-electron chi connectivity index (χ1n) is 15.8. The maximum atomic E-state index is 15.1. The summed E-state index contributed by atoms with van der Waals surface area (Å²) in [5.74, 6) is 0. The highest BCUT2D eigenvalue weighted by Gasteiger charge is 2.52. The lowest BCUT2D eigenvalue weighted by Crippen LogP contribution is -2.78. The smallest absolute Gasteiger partial charge is 0.184 e. The number of benzene rings is 7. The topological polar surface area (TPSA) is 17.1 Å². The molecule has 2 heterocycles. The van der Waals surface area contributed by atoms with Crippen molar-refractivity contribution in [3.63, 3.8) is 0 Å². The summed E-state index contributed by atoms with van der Waals surface area (Å²) >= 11 is 3.82. The first-order valence-corrected chi connectivity index (χ1v) is 21.1. The standard InChI is InChI=1S/C42H29OPS2Si/c43-44(31-14-4-1-5-15-31,32-16-6-2-7-17-32)33-26-24-30(25-27-33)35-28-29-38-42-41(35)46-37-21-11-13-23-40(37)47(42,34-18-8-3-9-19-34)39-22-12-10-20-36(39)45-38/h1-29H. The third kappa shape index (κ3) is 4.36. The highest BCUT2D eigenvalue weighted by molar-refractivity contribution is 8.01. The van der Waals surface area contributed by atoms with Crippen LogP contribution in [0.25, 0.3) is 11.1 Å². The Bertz CT molecular complexity index is 2270. The summed E-state index contributed by atoms with van der Waals surface area (Å²) < 4.78 is 15.1. The Morgan fingerprint density at radius 1 is 0.426 bits per heavy atom. The van der Waals surface area contributed by atoms with Gasteiger partial charge < -0.3 is 4.57 Å². The van der Waals surface area contributed by atoms with E-state index in [0.717, 1.165) is 21.5 Å². The van der Waals surface area contributed by atoms with Gasteiger partial charge in [-0.2, -0.15) is 0 Å². The number of hydrogen-bond donors (Lipinski definition) is 0. The van der Waals surface area contributed by atoms with Gasteiger partial charge in [-0.25, -0.2) is 0 Å². The van der Waals surface area contributed by atoms with Gasteiger partial charge in [-0.1, -0.05) is 181 Å². The molecule has 0 radical (unpaired) electrons. The fourth-order valence-electron chi connectivity index (χ4n) is 7.43. The summed E-state index contributed by atoms with van der Waals surface area (Å²) in [7, 11) is -5.69. The highest BCUT2D eigenvalue weighted by atomic mass is 32.2. The van der Waals surface area contributed by atoms with Crippen LogP contribution in [0.15, 0.2) is 196 Å². The minimum Gasteiger partial charge on any atom is -0.309 e. The lowest BCUT2D eigenvalue weighted by Gasteiger charge is -2.44. The molecular formula is C42H29OPS2Si. The van der Waals surface area contributed by atoms with Crippen LogP contribution in [0.5, 0.6) is 0 Å². The molecule has 1 nitrogen and oxygen atoms in total. The van der Waals surface area contributed by atoms with Crippen molar-refractivity contribution in [3.8, 4) is 11.1 Å². The lowest BCUT2D eigenvalue weighted by atomic mass is 10.1. The van der Waals surface area contributed by atoms with Crippen molar-refractivity contribution >= 4 is 75.4 Å². The van der Waals surface area contributed by atoms with Crippen LogP contribution in [0, 0.1) is 0 Å². The molecule has 2 aliphatic heterocycles. The molecule has 9 rings (SSSR count). The van der Waals surface area contributed by atoms with E-state index < -0.39 is 15.2 Å². The number of hydrogen-bond acceptors (Lipinski definition) is 3. The minimum atomic E-state index is -3.06. The van der Waals surface area contributed by atoms with Crippen molar-refractivity contribution in [1.29, 1.82) is 0 Å². The van der Waals surface area contributed by atoms with Crippen LogP contribution in [0.1, 0.15) is 0 Å². The summed E-state index contributed by atoms with van der Waals surface area (Å²) in [6, 6.07) is 62.4. The van der Waals surface area contributed by atoms with Crippen LogP contribution >= 0.6 is 30.7 Å². The zero-order valence-corrected chi connectivity index (χ0v) is 28.9. The third-order valence-corrected chi connectivity index (χ3v) is 20.6. The van der Waals surface area contributed by atoms with Gasteiger partial charge >= 0.3 is 0 Å². The molecule has 224 valence electrons. The van der Waals surface area contributed by atoms with Crippen molar-refractivity contribution < 1.29 is 4.57 Å². The summed E-state index contributed by atoms with van der Waals surface area (Å²) in [6.45, 7) is 0. The molecule has 0 saturated heterocycles. The number of fused-ring (bicyclic) bond motifs is 4. The Kier molecular flexibility index (Phi) is 7.02. The van der Waals surface area contributed by atoms with Gasteiger partial charge in [0.15, 0.2) is 15.2 Å². The molecular weight excluding hydrogens is 644 g/mol. The van der Waals surface area contributed by atoms with E-state index >= 15 is 4.57 Å². The SMILES string of the molecule is O=P(c1ccccc1)(c1ccccc1)c1ccc(-c2ccc3c4c2Sc2ccccc2[Si]4(c2ccccc2)c2ccccc2S3)cc1. The quantitative estimate of drug-likeness (QED) is 0.141. The van der Waals surface area contributed by atoms with E-state index in [1.54, 1.807) is 0 Å². The zero-order valence-electron chi connectivity index (χ0n) is 25.4. The van der Waals surface area contributed by atoms with Crippen molar-refractivity contribution in [2.75, 3.05) is 0 Å². The maximum Gasteiger partial charge on any atom is 0.184 e. The van der Waals surface area contributed by atoms with Gasteiger partial charge in [0, 0.05) is 35.5 Å².